The summed E-state index contributed by atoms with van der Waals surface area (Å²) in [4.78, 5) is 2.43. The zero-order chi connectivity index (χ0) is 6.69. The first-order valence-corrected chi connectivity index (χ1v) is 3.66. The Morgan fingerprint density at radius 2 is 2.44 bits per heavy atom. The minimum atomic E-state index is 0.628. The highest BCUT2D eigenvalue weighted by molar-refractivity contribution is 4.68. The van der Waals surface area contributed by atoms with Crippen molar-refractivity contribution in [3.05, 3.63) is 0 Å². The summed E-state index contributed by atoms with van der Waals surface area (Å²) in [5, 5.41) is 0. The van der Waals surface area contributed by atoms with Crippen molar-refractivity contribution in [3.63, 3.8) is 0 Å². The van der Waals surface area contributed by atoms with Crippen molar-refractivity contribution in [1.29, 1.82) is 0 Å². The van der Waals surface area contributed by atoms with Crippen LogP contribution in [0, 0.1) is 0 Å². The van der Waals surface area contributed by atoms with Gasteiger partial charge in [0.05, 0.1) is 13.2 Å². The average Bonchev–Trinajstić information content (AvgIpc) is 1.89. The normalized spacial score (nSPS) is 30.7. The quantitative estimate of drug-likeness (QED) is 0.517. The topological polar surface area (TPSA) is 12.5 Å². The lowest BCUT2D eigenvalue weighted by molar-refractivity contribution is 0.00245. The third-order valence-corrected chi connectivity index (χ3v) is 1.91. The first kappa shape index (κ1) is 7.03. The number of ether oxygens (including phenoxy) is 1. The zero-order valence-corrected chi connectivity index (χ0v) is 6.26. The summed E-state index contributed by atoms with van der Waals surface area (Å²) in [5.41, 5.74) is 0. The van der Waals surface area contributed by atoms with Crippen LogP contribution in [0.2, 0.25) is 0 Å². The van der Waals surface area contributed by atoms with Gasteiger partial charge in [0.2, 0.25) is 0 Å². The molecule has 1 aliphatic heterocycles. The maximum atomic E-state index is 5.27. The molecule has 1 heterocycles. The molecule has 9 heavy (non-hydrogen) atoms. The largest absolute Gasteiger partial charge is 0.379 e. The molecule has 1 fully saturated rings. The number of hydrogen-bond acceptors (Lipinski definition) is 2. The maximum absolute atomic E-state index is 5.27. The highest BCUT2D eigenvalue weighted by Gasteiger charge is 2.15. The number of morpholine rings is 1. The Hall–Kier alpha value is -0.0800. The van der Waals surface area contributed by atoms with E-state index >= 15 is 0 Å². The lowest BCUT2D eigenvalue weighted by Gasteiger charge is -2.31. The average molecular weight is 129 g/mol. The van der Waals surface area contributed by atoms with Crippen LogP contribution in [0.1, 0.15) is 13.8 Å². The molecule has 0 saturated carbocycles. The first-order valence-electron chi connectivity index (χ1n) is 3.66. The molecular weight excluding hydrogens is 114 g/mol. The van der Waals surface area contributed by atoms with Crippen LogP contribution in [0.5, 0.6) is 0 Å². The molecule has 1 aliphatic rings. The van der Waals surface area contributed by atoms with E-state index in [9.17, 15) is 0 Å². The van der Waals surface area contributed by atoms with E-state index in [4.69, 9.17) is 4.74 Å². The van der Waals surface area contributed by atoms with Gasteiger partial charge in [-0.15, -0.1) is 0 Å². The summed E-state index contributed by atoms with van der Waals surface area (Å²) >= 11 is 0. The molecule has 0 bridgehead atoms. The molecule has 0 aromatic carbocycles. The summed E-state index contributed by atoms with van der Waals surface area (Å²) in [6, 6.07) is 0.628. The maximum Gasteiger partial charge on any atom is 0.0619 e. The fourth-order valence-corrected chi connectivity index (χ4v) is 1.23. The van der Waals surface area contributed by atoms with Crippen LogP contribution in [0.15, 0.2) is 0 Å². The van der Waals surface area contributed by atoms with Gasteiger partial charge >= 0.3 is 0 Å². The molecule has 1 atom stereocenters. The van der Waals surface area contributed by atoms with Gasteiger partial charge in [-0.05, 0) is 13.5 Å². The molecule has 0 spiro atoms. The van der Waals surface area contributed by atoms with E-state index in [1.54, 1.807) is 0 Å². The fraction of sp³-hybridized carbons (Fsp3) is 1.00. The Morgan fingerprint density at radius 1 is 1.67 bits per heavy atom. The van der Waals surface area contributed by atoms with Crippen molar-refractivity contribution in [1.82, 2.24) is 4.90 Å². The van der Waals surface area contributed by atoms with Gasteiger partial charge < -0.3 is 4.74 Å². The van der Waals surface area contributed by atoms with Gasteiger partial charge in [-0.25, -0.2) is 0 Å². The molecule has 0 aliphatic carbocycles. The molecule has 2 nitrogen and oxygen atoms in total. The molecule has 0 amide bonds. The van der Waals surface area contributed by atoms with Crippen molar-refractivity contribution < 1.29 is 4.74 Å². The van der Waals surface area contributed by atoms with Crippen LogP contribution in [0.3, 0.4) is 0 Å². The van der Waals surface area contributed by atoms with Crippen molar-refractivity contribution >= 4 is 0 Å². The second kappa shape index (κ2) is 3.18. The van der Waals surface area contributed by atoms with Crippen LogP contribution in [0.4, 0.5) is 0 Å². The molecule has 0 N–H and O–H groups in total. The van der Waals surface area contributed by atoms with Crippen LogP contribution in [-0.4, -0.2) is 37.2 Å². The summed E-state index contributed by atoms with van der Waals surface area (Å²) in [6.07, 6.45) is 0. The van der Waals surface area contributed by atoms with E-state index in [-0.39, 0.29) is 0 Å². The highest BCUT2D eigenvalue weighted by Crippen LogP contribution is 2.03. The van der Waals surface area contributed by atoms with Gasteiger partial charge in [-0.2, -0.15) is 0 Å². The summed E-state index contributed by atoms with van der Waals surface area (Å²) in [5.74, 6) is 0. The number of likely N-dealkylation sites (N-methyl/N-ethyl adjacent to an activating group) is 1. The molecule has 1 saturated heterocycles. The molecule has 54 valence electrons. The molecular formula is C7H15NO. The second-order valence-electron chi connectivity index (χ2n) is 2.55. The van der Waals surface area contributed by atoms with E-state index in [0.717, 1.165) is 26.3 Å². The fourth-order valence-electron chi connectivity index (χ4n) is 1.23. The SMILES string of the molecule is CCN1CCOC[C@@H]1C. The Bertz CT molecular complexity index is 85.0. The monoisotopic (exact) mass is 129 g/mol. The Balaban J connectivity index is 2.30. The van der Waals surface area contributed by atoms with E-state index in [0.29, 0.717) is 6.04 Å². The van der Waals surface area contributed by atoms with Gasteiger partial charge in [0, 0.05) is 12.6 Å². The molecule has 0 unspecified atom stereocenters. The minimum absolute atomic E-state index is 0.628. The Kier molecular flexibility index (Phi) is 2.49. The Morgan fingerprint density at radius 3 is 2.89 bits per heavy atom. The van der Waals surface area contributed by atoms with Gasteiger partial charge in [-0.3, -0.25) is 4.90 Å². The van der Waals surface area contributed by atoms with Crippen molar-refractivity contribution in [2.45, 2.75) is 19.9 Å². The lowest BCUT2D eigenvalue weighted by Crippen LogP contribution is -2.43. The Labute approximate surface area is 56.8 Å². The zero-order valence-electron chi connectivity index (χ0n) is 6.26. The summed E-state index contributed by atoms with van der Waals surface area (Å²) in [6.45, 7) is 8.50. The van der Waals surface area contributed by atoms with Crippen molar-refractivity contribution in [3.8, 4) is 0 Å². The smallest absolute Gasteiger partial charge is 0.0619 e. The molecule has 1 rings (SSSR count). The van der Waals surface area contributed by atoms with E-state index in [2.05, 4.69) is 18.7 Å². The summed E-state index contributed by atoms with van der Waals surface area (Å²) < 4.78 is 5.27. The molecule has 0 aromatic rings. The first-order chi connectivity index (χ1) is 4.34. The van der Waals surface area contributed by atoms with Gasteiger partial charge in [0.25, 0.3) is 0 Å². The highest BCUT2D eigenvalue weighted by atomic mass is 16.5. The third-order valence-electron chi connectivity index (χ3n) is 1.91. The van der Waals surface area contributed by atoms with Crippen molar-refractivity contribution in [2.75, 3.05) is 26.3 Å². The molecule has 2 heteroatoms. The molecule has 0 aromatic heterocycles. The number of hydrogen-bond donors (Lipinski definition) is 0. The lowest BCUT2D eigenvalue weighted by atomic mass is 10.2. The van der Waals surface area contributed by atoms with Gasteiger partial charge in [0.1, 0.15) is 0 Å². The standard InChI is InChI=1S/C7H15NO/c1-3-8-4-5-9-6-7(8)2/h7H,3-6H2,1-2H3/t7-/m0/s1. The van der Waals surface area contributed by atoms with Crippen LogP contribution >= 0.6 is 0 Å². The predicted octanol–water partition coefficient (Wildman–Crippen LogP) is 0.727. The predicted molar refractivity (Wildman–Crippen MR) is 37.5 cm³/mol. The minimum Gasteiger partial charge on any atom is -0.379 e. The van der Waals surface area contributed by atoms with E-state index in [1.807, 2.05) is 0 Å². The summed E-state index contributed by atoms with van der Waals surface area (Å²) in [7, 11) is 0. The number of rotatable bonds is 1. The van der Waals surface area contributed by atoms with Crippen molar-refractivity contribution in [2.24, 2.45) is 0 Å². The van der Waals surface area contributed by atoms with E-state index < -0.39 is 0 Å². The van der Waals surface area contributed by atoms with Crippen LogP contribution in [-0.2, 0) is 4.74 Å². The van der Waals surface area contributed by atoms with E-state index in [1.165, 1.54) is 0 Å². The van der Waals surface area contributed by atoms with Crippen LogP contribution < -0.4 is 0 Å². The second-order valence-corrected chi connectivity index (χ2v) is 2.55. The third kappa shape index (κ3) is 1.66. The number of nitrogens with zero attached hydrogens (tertiary/aromatic N) is 1. The molecule has 0 radical (unpaired) electrons. The van der Waals surface area contributed by atoms with Gasteiger partial charge in [-0.1, -0.05) is 6.92 Å². The van der Waals surface area contributed by atoms with Crippen LogP contribution in [0.25, 0.3) is 0 Å². The van der Waals surface area contributed by atoms with Gasteiger partial charge in [0.15, 0.2) is 0 Å².